The number of halogens is 1. The Morgan fingerprint density at radius 3 is 2.67 bits per heavy atom. The molecular weight excluding hydrogens is 292 g/mol. The van der Waals surface area contributed by atoms with E-state index >= 15 is 0 Å². The highest BCUT2D eigenvalue weighted by Crippen LogP contribution is 2.18. The zero-order valence-corrected chi connectivity index (χ0v) is 13.2. The fourth-order valence-electron chi connectivity index (χ4n) is 2.08. The second-order valence-electron chi connectivity index (χ2n) is 5.20. The van der Waals surface area contributed by atoms with Gasteiger partial charge < -0.3 is 20.5 Å². The van der Waals surface area contributed by atoms with Gasteiger partial charge in [-0.1, -0.05) is 6.92 Å². The maximum Gasteiger partial charge on any atom is 0.241 e. The first-order chi connectivity index (χ1) is 9.58. The molecule has 0 aliphatic carbocycles. The smallest absolute Gasteiger partial charge is 0.241 e. The molecule has 6 heteroatoms. The van der Waals surface area contributed by atoms with E-state index in [0.29, 0.717) is 13.0 Å². The standard InChI is InChI=1S/C15H22N2O3.ClH/c1-3-10(2)20-13-6-4-11(5-7-13)17-15(19)14-8-12(18)9-16-14;/h4-7,10,12,14,16,18H,3,8-9H2,1-2H3,(H,17,19);1H. The first-order valence-corrected chi connectivity index (χ1v) is 7.07. The van der Waals surface area contributed by atoms with Crippen molar-refractivity contribution in [3.05, 3.63) is 24.3 Å². The summed E-state index contributed by atoms with van der Waals surface area (Å²) < 4.78 is 5.68. The van der Waals surface area contributed by atoms with Crippen molar-refractivity contribution in [2.75, 3.05) is 11.9 Å². The van der Waals surface area contributed by atoms with Gasteiger partial charge in [-0.05, 0) is 44.0 Å². The number of hydrogen-bond acceptors (Lipinski definition) is 4. The van der Waals surface area contributed by atoms with E-state index in [-0.39, 0.29) is 30.5 Å². The molecule has 0 aromatic heterocycles. The topological polar surface area (TPSA) is 70.6 Å². The summed E-state index contributed by atoms with van der Waals surface area (Å²) in [6.45, 7) is 4.56. The van der Waals surface area contributed by atoms with Crippen LogP contribution in [-0.4, -0.2) is 35.8 Å². The largest absolute Gasteiger partial charge is 0.491 e. The molecule has 1 aromatic carbocycles. The fourth-order valence-corrected chi connectivity index (χ4v) is 2.08. The Labute approximate surface area is 131 Å². The van der Waals surface area contributed by atoms with E-state index in [2.05, 4.69) is 17.6 Å². The van der Waals surface area contributed by atoms with Gasteiger partial charge >= 0.3 is 0 Å². The van der Waals surface area contributed by atoms with E-state index in [1.807, 2.05) is 31.2 Å². The normalized spacial score (nSPS) is 22.2. The van der Waals surface area contributed by atoms with Crippen LogP contribution in [0.3, 0.4) is 0 Å². The summed E-state index contributed by atoms with van der Waals surface area (Å²) in [5, 5.41) is 15.2. The number of nitrogens with one attached hydrogen (secondary N) is 2. The summed E-state index contributed by atoms with van der Waals surface area (Å²) in [6.07, 6.45) is 1.16. The van der Waals surface area contributed by atoms with E-state index in [1.54, 1.807) is 0 Å². The summed E-state index contributed by atoms with van der Waals surface area (Å²) in [7, 11) is 0. The lowest BCUT2D eigenvalue weighted by Gasteiger charge is -2.14. The molecule has 0 spiro atoms. The van der Waals surface area contributed by atoms with Gasteiger partial charge in [0, 0.05) is 12.2 Å². The van der Waals surface area contributed by atoms with Crippen molar-refractivity contribution < 1.29 is 14.6 Å². The third-order valence-corrected chi connectivity index (χ3v) is 3.46. The predicted octanol–water partition coefficient (Wildman–Crippen LogP) is 1.95. The maximum absolute atomic E-state index is 12.0. The van der Waals surface area contributed by atoms with Gasteiger partial charge in [0.2, 0.25) is 5.91 Å². The van der Waals surface area contributed by atoms with Gasteiger partial charge in [0.25, 0.3) is 0 Å². The lowest BCUT2D eigenvalue weighted by molar-refractivity contribution is -0.117. The molecule has 3 unspecified atom stereocenters. The summed E-state index contributed by atoms with van der Waals surface area (Å²) >= 11 is 0. The average molecular weight is 315 g/mol. The molecule has 1 aromatic rings. The molecule has 0 saturated carbocycles. The molecule has 3 N–H and O–H groups in total. The van der Waals surface area contributed by atoms with Crippen LogP contribution in [0.4, 0.5) is 5.69 Å². The number of rotatable bonds is 5. The van der Waals surface area contributed by atoms with Crippen LogP contribution in [0.5, 0.6) is 5.75 Å². The van der Waals surface area contributed by atoms with Crippen LogP contribution in [0.2, 0.25) is 0 Å². The number of carbonyl (C=O) groups excluding carboxylic acids is 1. The van der Waals surface area contributed by atoms with Gasteiger partial charge in [0.15, 0.2) is 0 Å². The molecule has 1 aliphatic rings. The van der Waals surface area contributed by atoms with Crippen molar-refractivity contribution in [3.8, 4) is 5.75 Å². The molecule has 5 nitrogen and oxygen atoms in total. The first kappa shape index (κ1) is 17.8. The number of ether oxygens (including phenoxy) is 1. The Kier molecular flexibility index (Phi) is 6.95. The second-order valence-corrected chi connectivity index (χ2v) is 5.20. The second kappa shape index (κ2) is 8.22. The Morgan fingerprint density at radius 2 is 2.14 bits per heavy atom. The van der Waals surface area contributed by atoms with Crippen LogP contribution < -0.4 is 15.4 Å². The van der Waals surface area contributed by atoms with Crippen LogP contribution >= 0.6 is 12.4 Å². The number of aliphatic hydroxyl groups is 1. The predicted molar refractivity (Wildman–Crippen MR) is 85.1 cm³/mol. The van der Waals surface area contributed by atoms with Gasteiger partial charge in [0.05, 0.1) is 18.2 Å². The third-order valence-electron chi connectivity index (χ3n) is 3.46. The zero-order valence-electron chi connectivity index (χ0n) is 12.3. The number of β-amino-alcohol motifs (C(OH)–C–C–N with tert-alkyl or cyclic N) is 1. The van der Waals surface area contributed by atoms with Crippen molar-refractivity contribution in [2.24, 2.45) is 0 Å². The van der Waals surface area contributed by atoms with E-state index < -0.39 is 6.10 Å². The highest BCUT2D eigenvalue weighted by Gasteiger charge is 2.27. The number of carbonyl (C=O) groups is 1. The highest BCUT2D eigenvalue weighted by atomic mass is 35.5. The van der Waals surface area contributed by atoms with Crippen LogP contribution in [0.15, 0.2) is 24.3 Å². The van der Waals surface area contributed by atoms with Crippen molar-refractivity contribution in [2.45, 2.75) is 44.9 Å². The molecule has 3 atom stereocenters. The van der Waals surface area contributed by atoms with Crippen molar-refractivity contribution in [1.29, 1.82) is 0 Å². The van der Waals surface area contributed by atoms with E-state index in [4.69, 9.17) is 4.74 Å². The number of aliphatic hydroxyl groups excluding tert-OH is 1. The Bertz CT molecular complexity index is 453. The van der Waals surface area contributed by atoms with Crippen LogP contribution in [0.25, 0.3) is 0 Å². The van der Waals surface area contributed by atoms with Crippen molar-refractivity contribution in [1.82, 2.24) is 5.32 Å². The molecular formula is C15H23ClN2O3. The molecule has 1 heterocycles. The first-order valence-electron chi connectivity index (χ1n) is 7.07. The SMILES string of the molecule is CCC(C)Oc1ccc(NC(=O)C2CC(O)CN2)cc1.Cl. The van der Waals surface area contributed by atoms with Crippen molar-refractivity contribution >= 4 is 24.0 Å². The maximum atomic E-state index is 12.0. The molecule has 2 rings (SSSR count). The zero-order chi connectivity index (χ0) is 14.5. The molecule has 21 heavy (non-hydrogen) atoms. The lowest BCUT2D eigenvalue weighted by Crippen LogP contribution is -2.35. The fraction of sp³-hybridized carbons (Fsp3) is 0.533. The monoisotopic (exact) mass is 314 g/mol. The summed E-state index contributed by atoms with van der Waals surface area (Å²) in [6, 6.07) is 7.01. The molecule has 118 valence electrons. The van der Waals surface area contributed by atoms with Gasteiger partial charge in [-0.25, -0.2) is 0 Å². The van der Waals surface area contributed by atoms with Crippen LogP contribution in [0.1, 0.15) is 26.7 Å². The van der Waals surface area contributed by atoms with E-state index in [1.165, 1.54) is 0 Å². The number of amides is 1. The molecule has 1 amide bonds. The Hall–Kier alpha value is -1.30. The Balaban J connectivity index is 0.00000220. The van der Waals surface area contributed by atoms with E-state index in [9.17, 15) is 9.90 Å². The van der Waals surface area contributed by atoms with E-state index in [0.717, 1.165) is 17.9 Å². The summed E-state index contributed by atoms with van der Waals surface area (Å²) in [5.41, 5.74) is 0.731. The lowest BCUT2D eigenvalue weighted by atomic mass is 10.2. The minimum absolute atomic E-state index is 0. The third kappa shape index (κ3) is 5.19. The van der Waals surface area contributed by atoms with Gasteiger partial charge in [0.1, 0.15) is 5.75 Å². The summed E-state index contributed by atoms with van der Waals surface area (Å²) in [5.74, 6) is 0.684. The molecule has 1 aliphatic heterocycles. The quantitative estimate of drug-likeness (QED) is 0.777. The molecule has 0 radical (unpaired) electrons. The molecule has 1 saturated heterocycles. The van der Waals surface area contributed by atoms with Gasteiger partial charge in [-0.3, -0.25) is 4.79 Å². The molecule has 0 bridgehead atoms. The minimum atomic E-state index is -0.433. The van der Waals surface area contributed by atoms with Gasteiger partial charge in [-0.15, -0.1) is 12.4 Å². The van der Waals surface area contributed by atoms with Crippen molar-refractivity contribution in [3.63, 3.8) is 0 Å². The highest BCUT2D eigenvalue weighted by molar-refractivity contribution is 5.95. The van der Waals surface area contributed by atoms with Gasteiger partial charge in [-0.2, -0.15) is 0 Å². The van der Waals surface area contributed by atoms with Crippen LogP contribution in [-0.2, 0) is 4.79 Å². The Morgan fingerprint density at radius 1 is 1.48 bits per heavy atom. The summed E-state index contributed by atoms with van der Waals surface area (Å²) in [4.78, 5) is 12.0. The minimum Gasteiger partial charge on any atom is -0.491 e. The molecule has 1 fully saturated rings. The number of benzene rings is 1. The average Bonchev–Trinajstić information content (AvgIpc) is 2.87. The number of hydrogen-bond donors (Lipinski definition) is 3. The van der Waals surface area contributed by atoms with Crippen LogP contribution in [0, 0.1) is 0 Å². The number of anilines is 1.